The van der Waals surface area contributed by atoms with E-state index in [-0.39, 0.29) is 5.76 Å². The number of aryl methyl sites for hydroxylation is 2. The smallest absolute Gasteiger partial charge is 0.146 e. The second-order valence-corrected chi connectivity index (χ2v) is 3.19. The topological polar surface area (TPSA) is 9.23 Å². The van der Waals surface area contributed by atoms with Crippen molar-refractivity contribution in [2.45, 2.75) is 20.8 Å². The first-order valence-corrected chi connectivity index (χ1v) is 4.17. The third-order valence-corrected chi connectivity index (χ3v) is 1.91. The summed E-state index contributed by atoms with van der Waals surface area (Å²) in [5.41, 5.74) is 3.31. The van der Waals surface area contributed by atoms with Crippen LogP contribution in [0.1, 0.15) is 23.6 Å². The van der Waals surface area contributed by atoms with Gasteiger partial charge in [0, 0.05) is 4.53 Å². The zero-order valence-corrected chi connectivity index (χ0v) is 8.10. The molecule has 1 nitrogen and oxygen atoms in total. The lowest BCUT2D eigenvalue weighted by Crippen LogP contribution is -1.84. The van der Waals surface area contributed by atoms with Crippen molar-refractivity contribution < 1.29 is 9.47 Å². The molecular formula is C11H13FO. The van der Waals surface area contributed by atoms with Crippen molar-refractivity contribution in [2.24, 2.45) is 0 Å². The summed E-state index contributed by atoms with van der Waals surface area (Å²) in [6.45, 7) is 5.60. The average molecular weight is 180 g/mol. The lowest BCUT2D eigenvalue weighted by Gasteiger charge is -2.02. The molecule has 0 saturated heterocycles. The minimum Gasteiger partial charge on any atom is -0.299 e. The highest BCUT2D eigenvalue weighted by Gasteiger charge is 1.96. The van der Waals surface area contributed by atoms with Crippen molar-refractivity contribution >= 4 is 6.08 Å². The summed E-state index contributed by atoms with van der Waals surface area (Å²) in [6, 6.07) is 5.99. The second-order valence-electron chi connectivity index (χ2n) is 3.19. The van der Waals surface area contributed by atoms with E-state index >= 15 is 0 Å². The predicted octanol–water partition coefficient (Wildman–Crippen LogP) is 3.57. The molecular weight excluding hydrogens is 167 g/mol. The molecule has 0 fully saturated rings. The number of rotatable bonds is 2. The fourth-order valence-corrected chi connectivity index (χ4v) is 1.23. The molecule has 13 heavy (non-hydrogen) atoms. The van der Waals surface area contributed by atoms with E-state index in [1.807, 2.05) is 26.0 Å². The molecule has 0 spiro atoms. The van der Waals surface area contributed by atoms with Gasteiger partial charge in [-0.25, -0.2) is 0 Å². The van der Waals surface area contributed by atoms with Crippen molar-refractivity contribution in [3.63, 3.8) is 0 Å². The van der Waals surface area contributed by atoms with E-state index in [1.165, 1.54) is 5.56 Å². The summed E-state index contributed by atoms with van der Waals surface area (Å²) in [6.07, 6.45) is 1.68. The van der Waals surface area contributed by atoms with Gasteiger partial charge in [-0.1, -0.05) is 23.8 Å². The van der Waals surface area contributed by atoms with Crippen LogP contribution in [-0.4, -0.2) is 0 Å². The Labute approximate surface area is 77.7 Å². The van der Waals surface area contributed by atoms with Gasteiger partial charge in [-0.3, -0.25) is 4.94 Å². The Morgan fingerprint density at radius 2 is 2.08 bits per heavy atom. The van der Waals surface area contributed by atoms with Gasteiger partial charge in [-0.05, 0) is 38.0 Å². The Balaban J connectivity index is 3.03. The predicted molar refractivity (Wildman–Crippen MR) is 51.8 cm³/mol. The molecule has 0 aromatic heterocycles. The summed E-state index contributed by atoms with van der Waals surface area (Å²) in [4.78, 5) is 3.60. The van der Waals surface area contributed by atoms with Crippen molar-refractivity contribution in [3.8, 4) is 0 Å². The van der Waals surface area contributed by atoms with Crippen LogP contribution in [0.4, 0.5) is 4.53 Å². The molecule has 0 radical (unpaired) electrons. The summed E-state index contributed by atoms with van der Waals surface area (Å²) < 4.78 is 11.7. The second kappa shape index (κ2) is 4.08. The van der Waals surface area contributed by atoms with E-state index in [2.05, 4.69) is 11.0 Å². The minimum absolute atomic E-state index is 0.270. The van der Waals surface area contributed by atoms with Crippen molar-refractivity contribution in [3.05, 3.63) is 40.6 Å². The van der Waals surface area contributed by atoms with Crippen LogP contribution in [0, 0.1) is 13.8 Å². The summed E-state index contributed by atoms with van der Waals surface area (Å²) in [7, 11) is 0. The van der Waals surface area contributed by atoms with Crippen LogP contribution in [0.25, 0.3) is 6.08 Å². The van der Waals surface area contributed by atoms with Gasteiger partial charge < -0.3 is 0 Å². The molecule has 0 unspecified atom stereocenters. The maximum Gasteiger partial charge on any atom is 0.146 e. The molecule has 1 aromatic rings. The number of benzene rings is 1. The van der Waals surface area contributed by atoms with Gasteiger partial charge in [0.2, 0.25) is 0 Å². The minimum atomic E-state index is 0.270. The Morgan fingerprint density at radius 3 is 2.62 bits per heavy atom. The van der Waals surface area contributed by atoms with E-state index in [0.717, 1.165) is 11.1 Å². The van der Waals surface area contributed by atoms with Crippen LogP contribution in [0.2, 0.25) is 0 Å². The molecule has 0 saturated carbocycles. The monoisotopic (exact) mass is 180 g/mol. The Kier molecular flexibility index (Phi) is 3.07. The maximum absolute atomic E-state index is 11.7. The lowest BCUT2D eigenvalue weighted by atomic mass is 10.1. The SMILES string of the molecule is C/C(=C\c1ccc(C)cc1C)OF. The number of allylic oxidation sites excluding steroid dienone is 1. The lowest BCUT2D eigenvalue weighted by molar-refractivity contribution is -0.0803. The molecule has 0 aliphatic rings. The van der Waals surface area contributed by atoms with E-state index in [1.54, 1.807) is 13.0 Å². The highest BCUT2D eigenvalue weighted by atomic mass is 19.3. The normalized spacial score (nSPS) is 11.5. The fraction of sp³-hybridized carbons (Fsp3) is 0.273. The van der Waals surface area contributed by atoms with Gasteiger partial charge in [0.15, 0.2) is 0 Å². The largest absolute Gasteiger partial charge is 0.299 e. The van der Waals surface area contributed by atoms with Crippen LogP contribution in [0.3, 0.4) is 0 Å². The summed E-state index contributed by atoms with van der Waals surface area (Å²) >= 11 is 0. The molecule has 0 N–H and O–H groups in total. The first-order chi connectivity index (χ1) is 6.13. The van der Waals surface area contributed by atoms with Gasteiger partial charge in [0.25, 0.3) is 0 Å². The molecule has 0 aliphatic carbocycles. The fourth-order valence-electron chi connectivity index (χ4n) is 1.23. The molecule has 2 heteroatoms. The van der Waals surface area contributed by atoms with Gasteiger partial charge in [0.05, 0.1) is 0 Å². The highest BCUT2D eigenvalue weighted by Crippen LogP contribution is 2.14. The van der Waals surface area contributed by atoms with E-state index in [0.29, 0.717) is 0 Å². The molecule has 1 aromatic carbocycles. The van der Waals surface area contributed by atoms with E-state index in [9.17, 15) is 4.53 Å². The van der Waals surface area contributed by atoms with Crippen LogP contribution < -0.4 is 0 Å². The van der Waals surface area contributed by atoms with Crippen LogP contribution in [-0.2, 0) is 4.94 Å². The molecule has 0 atom stereocenters. The zero-order valence-electron chi connectivity index (χ0n) is 8.10. The van der Waals surface area contributed by atoms with Gasteiger partial charge in [0.1, 0.15) is 5.76 Å². The highest BCUT2D eigenvalue weighted by molar-refractivity contribution is 5.55. The van der Waals surface area contributed by atoms with E-state index < -0.39 is 0 Å². The number of halogens is 1. The van der Waals surface area contributed by atoms with Crippen LogP contribution in [0.5, 0.6) is 0 Å². The Bertz CT molecular complexity index is 329. The molecule has 0 heterocycles. The standard InChI is InChI=1S/C11H13FO/c1-8-4-5-11(9(2)6-8)7-10(3)13-12/h4-7H,1-3H3/b10-7+. The summed E-state index contributed by atoms with van der Waals surface area (Å²) in [5.74, 6) is 0.270. The van der Waals surface area contributed by atoms with Gasteiger partial charge >= 0.3 is 0 Å². The Morgan fingerprint density at radius 1 is 1.38 bits per heavy atom. The third-order valence-electron chi connectivity index (χ3n) is 1.91. The van der Waals surface area contributed by atoms with Crippen molar-refractivity contribution in [1.29, 1.82) is 0 Å². The summed E-state index contributed by atoms with van der Waals surface area (Å²) in [5, 5.41) is 0. The van der Waals surface area contributed by atoms with Crippen molar-refractivity contribution in [1.82, 2.24) is 0 Å². The molecule has 0 bridgehead atoms. The molecule has 0 amide bonds. The first-order valence-electron chi connectivity index (χ1n) is 4.17. The Hall–Kier alpha value is -1.31. The van der Waals surface area contributed by atoms with E-state index in [4.69, 9.17) is 0 Å². The van der Waals surface area contributed by atoms with Crippen LogP contribution in [0.15, 0.2) is 24.0 Å². The number of hydrogen-bond donors (Lipinski definition) is 0. The van der Waals surface area contributed by atoms with Gasteiger partial charge in [-0.15, -0.1) is 0 Å². The van der Waals surface area contributed by atoms with Crippen molar-refractivity contribution in [2.75, 3.05) is 0 Å². The molecule has 70 valence electrons. The molecule has 1 rings (SSSR count). The number of hydrogen-bond acceptors (Lipinski definition) is 1. The maximum atomic E-state index is 11.7. The van der Waals surface area contributed by atoms with Crippen LogP contribution >= 0.6 is 0 Å². The van der Waals surface area contributed by atoms with Gasteiger partial charge in [-0.2, -0.15) is 0 Å². The first kappa shape index (κ1) is 9.78. The zero-order chi connectivity index (χ0) is 9.84. The third kappa shape index (κ3) is 2.58. The quantitative estimate of drug-likeness (QED) is 0.632. The molecule has 0 aliphatic heterocycles. The average Bonchev–Trinajstić information content (AvgIpc) is 2.09.